The summed E-state index contributed by atoms with van der Waals surface area (Å²) in [5.41, 5.74) is 2.20. The molecule has 0 atom stereocenters. The van der Waals surface area contributed by atoms with Gasteiger partial charge in [-0.05, 0) is 77.3 Å². The second-order valence-electron chi connectivity index (χ2n) is 12.1. The Kier molecular flexibility index (Phi) is 7.68. The third-order valence-corrected chi connectivity index (χ3v) is 9.33. The van der Waals surface area contributed by atoms with Gasteiger partial charge in [-0.1, -0.05) is 28.4 Å². The molecule has 0 aliphatic heterocycles. The molecule has 41 heavy (non-hydrogen) atoms. The maximum Gasteiger partial charge on any atom is 0.335 e. The number of aromatic carboxylic acids is 1. The van der Waals surface area contributed by atoms with Gasteiger partial charge in [-0.25, -0.2) is 4.79 Å². The zero-order chi connectivity index (χ0) is 28.8. The minimum Gasteiger partial charge on any atom is -0.493 e. The Morgan fingerprint density at radius 3 is 2.32 bits per heavy atom. The molecule has 2 bridgehead atoms. The van der Waals surface area contributed by atoms with Crippen LogP contribution in [-0.2, 0) is 11.3 Å². The minimum absolute atomic E-state index is 0.0447. The number of pyridine rings is 1. The molecule has 4 fully saturated rings. The van der Waals surface area contributed by atoms with Gasteiger partial charge in [0.05, 0.1) is 40.5 Å². The molecule has 2 aromatic heterocycles. The smallest absolute Gasteiger partial charge is 0.335 e. The topological polar surface area (TPSA) is 104 Å². The highest BCUT2D eigenvalue weighted by Crippen LogP contribution is 2.55. The molecule has 7 rings (SSSR count). The number of carboxylic acid groups (broad SMARTS) is 1. The molecule has 0 amide bonds. The van der Waals surface area contributed by atoms with Crippen LogP contribution in [0.15, 0.2) is 35.1 Å². The maximum absolute atomic E-state index is 11.7. The number of nitrogens with zero attached hydrogens (tertiary/aromatic N) is 2. The number of hydrogen-bond donors (Lipinski definition) is 1. The van der Waals surface area contributed by atoms with Crippen molar-refractivity contribution >= 4 is 29.2 Å². The van der Waals surface area contributed by atoms with E-state index >= 15 is 0 Å². The van der Waals surface area contributed by atoms with Gasteiger partial charge in [-0.3, -0.25) is 4.98 Å². The summed E-state index contributed by atoms with van der Waals surface area (Å²) in [6.07, 6.45) is 11.0. The van der Waals surface area contributed by atoms with E-state index in [1.165, 1.54) is 6.07 Å². The molecule has 1 aromatic carbocycles. The van der Waals surface area contributed by atoms with Gasteiger partial charge < -0.3 is 23.8 Å². The molecule has 0 spiro atoms. The lowest BCUT2D eigenvalue weighted by Gasteiger charge is -2.52. The first kappa shape index (κ1) is 28.3. The van der Waals surface area contributed by atoms with Crippen molar-refractivity contribution in [3.8, 4) is 22.8 Å². The van der Waals surface area contributed by atoms with E-state index in [9.17, 15) is 9.90 Å². The van der Waals surface area contributed by atoms with Gasteiger partial charge in [0.2, 0.25) is 0 Å². The Bertz CT molecular complexity index is 1410. The lowest BCUT2D eigenvalue weighted by molar-refractivity contribution is -0.150. The van der Waals surface area contributed by atoms with Gasteiger partial charge in [0, 0.05) is 40.9 Å². The first-order valence-electron chi connectivity index (χ1n) is 14.3. The fourth-order valence-corrected chi connectivity index (χ4v) is 6.75. The summed E-state index contributed by atoms with van der Waals surface area (Å²) in [5.74, 6) is 1.25. The third kappa shape index (κ3) is 5.92. The Balaban J connectivity index is 1.13. The summed E-state index contributed by atoms with van der Waals surface area (Å²) in [6, 6.07) is 4.88. The summed E-state index contributed by atoms with van der Waals surface area (Å²) in [4.78, 5) is 15.7. The van der Waals surface area contributed by atoms with Crippen LogP contribution in [0.5, 0.6) is 11.5 Å². The average Bonchev–Trinajstić information content (AvgIpc) is 3.71. The summed E-state index contributed by atoms with van der Waals surface area (Å²) in [5, 5.41) is 14.8. The van der Waals surface area contributed by atoms with E-state index in [0.717, 1.165) is 62.7 Å². The zero-order valence-corrected chi connectivity index (χ0v) is 24.8. The van der Waals surface area contributed by atoms with Gasteiger partial charge in [0.25, 0.3) is 0 Å². The first-order valence-corrected chi connectivity index (χ1v) is 15.0. The van der Waals surface area contributed by atoms with Crippen LogP contribution >= 0.6 is 23.2 Å². The predicted octanol–water partition coefficient (Wildman–Crippen LogP) is 8.09. The highest BCUT2D eigenvalue weighted by Gasteiger charge is 2.50. The van der Waals surface area contributed by atoms with Gasteiger partial charge in [0.1, 0.15) is 23.0 Å². The molecule has 0 saturated heterocycles. The Morgan fingerprint density at radius 2 is 1.71 bits per heavy atom. The van der Waals surface area contributed by atoms with Crippen LogP contribution < -0.4 is 9.47 Å². The number of aromatic nitrogens is 2. The summed E-state index contributed by atoms with van der Waals surface area (Å²) < 4.78 is 24.5. The molecule has 4 aliphatic rings. The fourth-order valence-electron chi connectivity index (χ4n) is 6.20. The van der Waals surface area contributed by atoms with Crippen molar-refractivity contribution in [2.45, 2.75) is 89.4 Å². The van der Waals surface area contributed by atoms with E-state index in [1.54, 1.807) is 24.5 Å². The SMILES string of the molecule is CC(C)Oc1cc(OCC23CCC(OCc4c(-c5c(Cl)cncc5Cl)noc4C4CC4)(CC2)CC3)cc(C(=O)O)c1. The van der Waals surface area contributed by atoms with E-state index in [-0.39, 0.29) is 22.7 Å². The van der Waals surface area contributed by atoms with Gasteiger partial charge in [0.15, 0.2) is 0 Å². The highest BCUT2D eigenvalue weighted by molar-refractivity contribution is 6.38. The lowest BCUT2D eigenvalue weighted by Crippen LogP contribution is -2.49. The molecule has 0 radical (unpaired) electrons. The van der Waals surface area contributed by atoms with E-state index in [2.05, 4.69) is 10.1 Å². The van der Waals surface area contributed by atoms with Crippen molar-refractivity contribution in [3.05, 3.63) is 57.5 Å². The van der Waals surface area contributed by atoms with Gasteiger partial charge in [-0.2, -0.15) is 0 Å². The van der Waals surface area contributed by atoms with E-state index in [0.29, 0.717) is 51.9 Å². The van der Waals surface area contributed by atoms with Crippen molar-refractivity contribution in [1.82, 2.24) is 10.1 Å². The van der Waals surface area contributed by atoms with Crippen LogP contribution in [0.3, 0.4) is 0 Å². The second-order valence-corrected chi connectivity index (χ2v) is 12.9. The van der Waals surface area contributed by atoms with Crippen molar-refractivity contribution in [1.29, 1.82) is 0 Å². The van der Waals surface area contributed by atoms with Crippen LogP contribution in [0.1, 0.15) is 92.8 Å². The molecule has 0 unspecified atom stereocenters. The third-order valence-electron chi connectivity index (χ3n) is 8.76. The number of hydrogen-bond acceptors (Lipinski definition) is 7. The molecule has 1 N–H and O–H groups in total. The molecule has 4 saturated carbocycles. The van der Waals surface area contributed by atoms with Crippen molar-refractivity contribution in [2.75, 3.05) is 6.61 Å². The van der Waals surface area contributed by atoms with Crippen LogP contribution in [0.25, 0.3) is 11.3 Å². The maximum atomic E-state index is 11.7. The number of benzene rings is 1. The summed E-state index contributed by atoms with van der Waals surface area (Å²) >= 11 is 13.0. The van der Waals surface area contributed by atoms with Crippen molar-refractivity contribution in [2.24, 2.45) is 5.41 Å². The van der Waals surface area contributed by atoms with E-state index in [4.69, 9.17) is 41.9 Å². The normalized spacial score (nSPS) is 23.6. The van der Waals surface area contributed by atoms with Crippen LogP contribution in [0, 0.1) is 5.41 Å². The van der Waals surface area contributed by atoms with Crippen LogP contribution in [-0.4, -0.2) is 39.5 Å². The van der Waals surface area contributed by atoms with E-state index < -0.39 is 5.97 Å². The number of carboxylic acids is 1. The minimum atomic E-state index is -1.01. The van der Waals surface area contributed by atoms with Crippen molar-refractivity contribution < 1.29 is 28.6 Å². The largest absolute Gasteiger partial charge is 0.493 e. The molecule has 8 nitrogen and oxygen atoms in total. The number of rotatable bonds is 11. The lowest BCUT2D eigenvalue weighted by atomic mass is 9.59. The highest BCUT2D eigenvalue weighted by atomic mass is 35.5. The van der Waals surface area contributed by atoms with Crippen LogP contribution in [0.2, 0.25) is 10.0 Å². The average molecular weight is 602 g/mol. The standard InChI is InChI=1S/C31H34Cl2N2O6/c1-18(2)40-22-12-20(29(36)37)11-21(13-22)38-17-30-5-8-31(9-6-30,10-7-30)39-16-23-27(35-41-28(23)19-3-4-19)26-24(32)14-34-15-25(26)33/h11-15,18-19H,3-10,16-17H2,1-2H3,(H,36,37). The Morgan fingerprint density at radius 1 is 1.05 bits per heavy atom. The zero-order valence-electron chi connectivity index (χ0n) is 23.3. The second kappa shape index (κ2) is 11.1. The van der Waals surface area contributed by atoms with Crippen molar-refractivity contribution in [3.63, 3.8) is 0 Å². The summed E-state index contributed by atoms with van der Waals surface area (Å²) in [7, 11) is 0. The molecule has 4 aliphatic carbocycles. The molecule has 218 valence electrons. The monoisotopic (exact) mass is 600 g/mol. The Labute approximate surface area is 249 Å². The molecule has 2 heterocycles. The quantitative estimate of drug-likeness (QED) is 0.235. The van der Waals surface area contributed by atoms with Crippen LogP contribution in [0.4, 0.5) is 0 Å². The predicted molar refractivity (Wildman–Crippen MR) is 154 cm³/mol. The number of halogens is 2. The number of ether oxygens (including phenoxy) is 3. The molecular weight excluding hydrogens is 567 g/mol. The van der Waals surface area contributed by atoms with Gasteiger partial charge in [-0.15, -0.1) is 0 Å². The van der Waals surface area contributed by atoms with Gasteiger partial charge >= 0.3 is 5.97 Å². The summed E-state index contributed by atoms with van der Waals surface area (Å²) in [6.45, 7) is 4.74. The fraction of sp³-hybridized carbons (Fsp3) is 0.516. The molecular formula is C31H34Cl2N2O6. The Hall–Kier alpha value is -2.81. The number of carbonyl (C=O) groups is 1. The molecule has 10 heteroatoms. The number of fused-ring (bicyclic) bond motifs is 3. The molecule has 3 aromatic rings. The first-order chi connectivity index (χ1) is 19.7. The van der Waals surface area contributed by atoms with E-state index in [1.807, 2.05) is 13.8 Å².